The van der Waals surface area contributed by atoms with Crippen LogP contribution in [0, 0.1) is 5.92 Å². The molecule has 19 heavy (non-hydrogen) atoms. The molecule has 106 valence electrons. The van der Waals surface area contributed by atoms with Crippen LogP contribution in [-0.4, -0.2) is 46.7 Å². The molecular weight excluding hydrogens is 240 g/mol. The molecule has 0 unspecified atom stereocenters. The molecule has 5 heteroatoms. The van der Waals surface area contributed by atoms with Gasteiger partial charge in [-0.05, 0) is 39.3 Å². The van der Waals surface area contributed by atoms with Crippen molar-refractivity contribution in [2.75, 3.05) is 19.6 Å². The Morgan fingerprint density at radius 2 is 2.47 bits per heavy atom. The van der Waals surface area contributed by atoms with Crippen LogP contribution in [0.5, 0.6) is 0 Å². The number of hydrogen-bond donors (Lipinski definition) is 2. The molecule has 0 aliphatic carbocycles. The first-order valence-corrected chi connectivity index (χ1v) is 7.17. The minimum absolute atomic E-state index is 0.151. The summed E-state index contributed by atoms with van der Waals surface area (Å²) in [5.41, 5.74) is 1.06. The van der Waals surface area contributed by atoms with Crippen molar-refractivity contribution in [3.63, 3.8) is 0 Å². The lowest BCUT2D eigenvalue weighted by Gasteiger charge is -2.34. The number of carbonyl (C=O) groups is 1. The van der Waals surface area contributed by atoms with Crippen molar-refractivity contribution in [1.82, 2.24) is 20.4 Å². The van der Waals surface area contributed by atoms with Gasteiger partial charge >= 0.3 is 0 Å². The molecule has 1 atom stereocenters. The lowest BCUT2D eigenvalue weighted by Crippen LogP contribution is -2.45. The van der Waals surface area contributed by atoms with E-state index in [2.05, 4.69) is 34.3 Å². The maximum absolute atomic E-state index is 12.1. The maximum Gasteiger partial charge on any atom is 0.224 e. The van der Waals surface area contributed by atoms with Gasteiger partial charge in [0.2, 0.25) is 5.91 Å². The van der Waals surface area contributed by atoms with Crippen molar-refractivity contribution in [2.45, 2.75) is 39.2 Å². The van der Waals surface area contributed by atoms with Crippen molar-refractivity contribution >= 4 is 5.91 Å². The number of H-pyrrole nitrogens is 1. The van der Waals surface area contributed by atoms with E-state index < -0.39 is 0 Å². The molecule has 1 saturated heterocycles. The second kappa shape index (κ2) is 6.70. The molecule has 0 aromatic carbocycles. The molecule has 2 heterocycles. The third kappa shape index (κ3) is 4.06. The lowest BCUT2D eigenvalue weighted by molar-refractivity contribution is -0.126. The third-order valence-electron chi connectivity index (χ3n) is 3.81. The monoisotopic (exact) mass is 264 g/mol. The van der Waals surface area contributed by atoms with E-state index in [0.29, 0.717) is 12.6 Å². The molecule has 0 bridgehead atoms. The van der Waals surface area contributed by atoms with Gasteiger partial charge in [-0.3, -0.25) is 9.89 Å². The standard InChI is InChI=1S/C14H24N4O/c1-11(2)18-9-3-4-12(10-18)14(19)15-7-5-13-6-8-16-17-13/h6,8,11-12H,3-5,7,9-10H2,1-2H3,(H,15,19)(H,16,17)/t12-/m0/s1. The van der Waals surface area contributed by atoms with Crippen molar-refractivity contribution in [1.29, 1.82) is 0 Å². The number of nitrogens with zero attached hydrogens (tertiary/aromatic N) is 2. The van der Waals surface area contributed by atoms with Gasteiger partial charge in [0.15, 0.2) is 0 Å². The summed E-state index contributed by atoms with van der Waals surface area (Å²) in [4.78, 5) is 14.5. The number of carbonyl (C=O) groups excluding carboxylic acids is 1. The van der Waals surface area contributed by atoms with Gasteiger partial charge in [-0.1, -0.05) is 0 Å². The van der Waals surface area contributed by atoms with Crippen LogP contribution in [0.15, 0.2) is 12.3 Å². The number of aromatic amines is 1. The van der Waals surface area contributed by atoms with Crippen molar-refractivity contribution in [3.05, 3.63) is 18.0 Å². The quantitative estimate of drug-likeness (QED) is 0.840. The summed E-state index contributed by atoms with van der Waals surface area (Å²) in [5.74, 6) is 0.350. The number of piperidine rings is 1. The van der Waals surface area contributed by atoms with Gasteiger partial charge in [-0.2, -0.15) is 5.10 Å². The first-order valence-electron chi connectivity index (χ1n) is 7.17. The predicted octanol–water partition coefficient (Wildman–Crippen LogP) is 1.19. The lowest BCUT2D eigenvalue weighted by atomic mass is 9.96. The van der Waals surface area contributed by atoms with E-state index in [1.807, 2.05) is 6.07 Å². The van der Waals surface area contributed by atoms with E-state index >= 15 is 0 Å². The Kier molecular flexibility index (Phi) is 4.96. The zero-order valence-electron chi connectivity index (χ0n) is 11.9. The molecule has 0 radical (unpaired) electrons. The van der Waals surface area contributed by atoms with Gasteiger partial charge in [-0.25, -0.2) is 0 Å². The number of hydrogen-bond acceptors (Lipinski definition) is 3. The summed E-state index contributed by atoms with van der Waals surface area (Å²) >= 11 is 0. The first kappa shape index (κ1) is 14.1. The van der Waals surface area contributed by atoms with Crippen LogP contribution in [0.4, 0.5) is 0 Å². The minimum atomic E-state index is 0.151. The molecular formula is C14H24N4O. The number of likely N-dealkylation sites (tertiary alicyclic amines) is 1. The van der Waals surface area contributed by atoms with Gasteiger partial charge in [0.1, 0.15) is 0 Å². The summed E-state index contributed by atoms with van der Waals surface area (Å²) in [6.45, 7) is 7.08. The van der Waals surface area contributed by atoms with Crippen LogP contribution < -0.4 is 5.32 Å². The molecule has 5 nitrogen and oxygen atoms in total. The van der Waals surface area contributed by atoms with Crippen LogP contribution in [0.2, 0.25) is 0 Å². The van der Waals surface area contributed by atoms with E-state index in [4.69, 9.17) is 0 Å². The Hall–Kier alpha value is -1.36. The van der Waals surface area contributed by atoms with Crippen LogP contribution >= 0.6 is 0 Å². The van der Waals surface area contributed by atoms with Gasteiger partial charge < -0.3 is 10.2 Å². The molecule has 2 N–H and O–H groups in total. The van der Waals surface area contributed by atoms with Crippen molar-refractivity contribution < 1.29 is 4.79 Å². The highest BCUT2D eigenvalue weighted by Gasteiger charge is 2.26. The average Bonchev–Trinajstić information content (AvgIpc) is 2.92. The van der Waals surface area contributed by atoms with Crippen LogP contribution in [0.1, 0.15) is 32.4 Å². The molecule has 1 aromatic rings. The van der Waals surface area contributed by atoms with Crippen LogP contribution in [0.25, 0.3) is 0 Å². The average molecular weight is 264 g/mol. The summed E-state index contributed by atoms with van der Waals surface area (Å²) in [6, 6.07) is 2.47. The van der Waals surface area contributed by atoms with E-state index in [1.165, 1.54) is 0 Å². The molecule has 1 aliphatic rings. The SMILES string of the molecule is CC(C)N1CCC[C@H](C(=O)NCCc2ccn[nH]2)C1. The summed E-state index contributed by atoms with van der Waals surface area (Å²) in [5, 5.41) is 9.83. The summed E-state index contributed by atoms with van der Waals surface area (Å²) < 4.78 is 0. The van der Waals surface area contributed by atoms with Gasteiger partial charge in [-0.15, -0.1) is 0 Å². The van der Waals surface area contributed by atoms with Gasteiger partial charge in [0.05, 0.1) is 5.92 Å². The van der Waals surface area contributed by atoms with E-state index in [0.717, 1.165) is 38.0 Å². The smallest absolute Gasteiger partial charge is 0.224 e. The summed E-state index contributed by atoms with van der Waals surface area (Å²) in [6.07, 6.45) is 4.68. The Labute approximate surface area is 114 Å². The molecule has 1 aromatic heterocycles. The maximum atomic E-state index is 12.1. The number of nitrogens with one attached hydrogen (secondary N) is 2. The normalized spacial score (nSPS) is 20.7. The van der Waals surface area contributed by atoms with Gasteiger partial charge in [0.25, 0.3) is 0 Å². The van der Waals surface area contributed by atoms with Crippen molar-refractivity contribution in [3.8, 4) is 0 Å². The topological polar surface area (TPSA) is 61.0 Å². The van der Waals surface area contributed by atoms with Crippen molar-refractivity contribution in [2.24, 2.45) is 5.92 Å². The minimum Gasteiger partial charge on any atom is -0.355 e. The third-order valence-corrected chi connectivity index (χ3v) is 3.81. The van der Waals surface area contributed by atoms with Crippen LogP contribution in [-0.2, 0) is 11.2 Å². The molecule has 1 fully saturated rings. The summed E-state index contributed by atoms with van der Waals surface area (Å²) in [7, 11) is 0. The van der Waals surface area contributed by atoms with Gasteiger partial charge in [0, 0.05) is 37.4 Å². The molecule has 0 saturated carbocycles. The van der Waals surface area contributed by atoms with E-state index in [1.54, 1.807) is 6.20 Å². The highest BCUT2D eigenvalue weighted by molar-refractivity contribution is 5.78. The fraction of sp³-hybridized carbons (Fsp3) is 0.714. The van der Waals surface area contributed by atoms with E-state index in [9.17, 15) is 4.79 Å². The Bertz CT molecular complexity index is 388. The molecule has 0 spiro atoms. The number of rotatable bonds is 5. The van der Waals surface area contributed by atoms with Crippen LogP contribution in [0.3, 0.4) is 0 Å². The number of aromatic nitrogens is 2. The fourth-order valence-corrected chi connectivity index (χ4v) is 2.58. The fourth-order valence-electron chi connectivity index (χ4n) is 2.58. The Morgan fingerprint density at radius 1 is 1.63 bits per heavy atom. The Balaban J connectivity index is 1.73. The predicted molar refractivity (Wildman–Crippen MR) is 74.7 cm³/mol. The molecule has 1 amide bonds. The molecule has 2 rings (SSSR count). The molecule has 1 aliphatic heterocycles. The highest BCUT2D eigenvalue weighted by Crippen LogP contribution is 2.18. The Morgan fingerprint density at radius 3 is 3.16 bits per heavy atom. The number of amides is 1. The zero-order valence-corrected chi connectivity index (χ0v) is 11.9. The van der Waals surface area contributed by atoms with E-state index in [-0.39, 0.29) is 11.8 Å². The zero-order chi connectivity index (χ0) is 13.7. The first-order chi connectivity index (χ1) is 9.16. The second-order valence-electron chi connectivity index (χ2n) is 5.55. The largest absolute Gasteiger partial charge is 0.355 e. The highest BCUT2D eigenvalue weighted by atomic mass is 16.1. The second-order valence-corrected chi connectivity index (χ2v) is 5.55.